The highest BCUT2D eigenvalue weighted by atomic mass is 16.7. The summed E-state index contributed by atoms with van der Waals surface area (Å²) in [5, 5.41) is 4.14. The number of benzene rings is 1. The maximum atomic E-state index is 12.9. The van der Waals surface area contributed by atoms with E-state index in [0.29, 0.717) is 22.8 Å². The van der Waals surface area contributed by atoms with Gasteiger partial charge in [0, 0.05) is 40.1 Å². The van der Waals surface area contributed by atoms with Crippen molar-refractivity contribution in [2.75, 3.05) is 13.4 Å². The minimum atomic E-state index is -0.782. The predicted octanol–water partition coefficient (Wildman–Crippen LogP) is 2.92. The third kappa shape index (κ3) is 3.59. The Morgan fingerprint density at radius 1 is 1.00 bits per heavy atom. The fraction of sp³-hybridized carbons (Fsp3) is 0.261. The summed E-state index contributed by atoms with van der Waals surface area (Å²) < 4.78 is 19.4. The Bertz CT molecular complexity index is 1440. The molecule has 4 aromatic rings. The fourth-order valence-corrected chi connectivity index (χ4v) is 3.99. The van der Waals surface area contributed by atoms with Crippen LogP contribution in [0.25, 0.3) is 11.5 Å². The molecule has 0 unspecified atom stereocenters. The van der Waals surface area contributed by atoms with Crippen LogP contribution in [0.2, 0.25) is 0 Å². The summed E-state index contributed by atoms with van der Waals surface area (Å²) >= 11 is 0. The zero-order chi connectivity index (χ0) is 23.3. The molecule has 168 valence electrons. The normalized spacial score (nSPS) is 12.4. The van der Waals surface area contributed by atoms with Gasteiger partial charge >= 0.3 is 5.97 Å². The van der Waals surface area contributed by atoms with E-state index in [4.69, 9.17) is 14.2 Å². The van der Waals surface area contributed by atoms with Gasteiger partial charge in [0.2, 0.25) is 12.6 Å². The lowest BCUT2D eigenvalue weighted by atomic mass is 10.1. The van der Waals surface area contributed by atoms with Crippen molar-refractivity contribution in [3.63, 3.8) is 0 Å². The molecule has 1 aliphatic heterocycles. The van der Waals surface area contributed by atoms with Crippen LogP contribution < -0.4 is 9.47 Å². The van der Waals surface area contributed by atoms with Gasteiger partial charge in [0.05, 0.1) is 0 Å². The van der Waals surface area contributed by atoms with Gasteiger partial charge in [-0.25, -0.2) is 14.3 Å². The Balaban J connectivity index is 1.34. The summed E-state index contributed by atoms with van der Waals surface area (Å²) in [6.45, 7) is 7.17. The van der Waals surface area contributed by atoms with E-state index in [1.165, 1.54) is 4.52 Å². The number of aryl methyl sites for hydroxylation is 3. The number of nitrogens with zero attached hydrogens (tertiary/aromatic N) is 5. The Labute approximate surface area is 188 Å². The Morgan fingerprint density at radius 2 is 1.79 bits per heavy atom. The van der Waals surface area contributed by atoms with Crippen LogP contribution in [-0.4, -0.2) is 49.3 Å². The molecule has 5 rings (SSSR count). The molecular weight excluding hydrogens is 426 g/mol. The molecule has 0 amide bonds. The van der Waals surface area contributed by atoms with Crippen molar-refractivity contribution in [3.8, 4) is 17.2 Å². The molecular formula is C23H21N5O5. The van der Waals surface area contributed by atoms with Gasteiger partial charge in [-0.05, 0) is 52.0 Å². The van der Waals surface area contributed by atoms with Crippen molar-refractivity contribution < 1.29 is 23.8 Å². The summed E-state index contributed by atoms with van der Waals surface area (Å²) in [7, 11) is 0. The molecule has 0 saturated heterocycles. The number of esters is 1. The van der Waals surface area contributed by atoms with Gasteiger partial charge in [-0.15, -0.1) is 5.10 Å². The first-order valence-electron chi connectivity index (χ1n) is 10.3. The molecule has 0 radical (unpaired) electrons. The number of hydrogen-bond donors (Lipinski definition) is 0. The van der Waals surface area contributed by atoms with Crippen LogP contribution in [0.4, 0.5) is 0 Å². The van der Waals surface area contributed by atoms with E-state index >= 15 is 0 Å². The van der Waals surface area contributed by atoms with E-state index in [1.807, 2.05) is 56.5 Å². The molecule has 1 aromatic carbocycles. The lowest BCUT2D eigenvalue weighted by Gasteiger charge is -2.10. The van der Waals surface area contributed by atoms with Gasteiger partial charge < -0.3 is 18.8 Å². The van der Waals surface area contributed by atoms with Crippen molar-refractivity contribution in [3.05, 3.63) is 64.5 Å². The lowest BCUT2D eigenvalue weighted by molar-refractivity contribution is 0.0462. The monoisotopic (exact) mass is 447 g/mol. The highest BCUT2D eigenvalue weighted by Gasteiger charge is 2.22. The van der Waals surface area contributed by atoms with E-state index < -0.39 is 12.6 Å². The summed E-state index contributed by atoms with van der Waals surface area (Å²) in [5.41, 5.74) is 4.45. The molecule has 0 saturated carbocycles. The molecule has 33 heavy (non-hydrogen) atoms. The molecule has 10 nitrogen and oxygen atoms in total. The molecule has 0 spiro atoms. The average molecular weight is 447 g/mol. The van der Waals surface area contributed by atoms with Crippen LogP contribution in [0.1, 0.15) is 43.8 Å². The number of ether oxygens (including phenoxy) is 3. The van der Waals surface area contributed by atoms with Gasteiger partial charge in [0.15, 0.2) is 18.1 Å². The highest BCUT2D eigenvalue weighted by molar-refractivity contribution is 6.00. The molecule has 0 bridgehead atoms. The fourth-order valence-electron chi connectivity index (χ4n) is 3.99. The number of rotatable bonds is 5. The van der Waals surface area contributed by atoms with Crippen molar-refractivity contribution in [2.24, 2.45) is 0 Å². The average Bonchev–Trinajstić information content (AvgIpc) is 3.48. The topological polar surface area (TPSA) is 110 Å². The van der Waals surface area contributed by atoms with Gasteiger partial charge in [-0.1, -0.05) is 0 Å². The van der Waals surface area contributed by atoms with Gasteiger partial charge in [-0.3, -0.25) is 4.79 Å². The second-order valence-electron chi connectivity index (χ2n) is 7.84. The van der Waals surface area contributed by atoms with Crippen LogP contribution in [0, 0.1) is 27.7 Å². The standard InChI is InChI=1S/C23H21N5O5/c1-12-7-14(3)28-23(24-12)25-21(26-28)22(30)31-10-18(29)17-8-13(2)27(15(17)4)16-5-6-19-20(9-16)33-11-32-19/h5-9H,10-11H2,1-4H3. The number of fused-ring (bicyclic) bond motifs is 2. The van der Waals surface area contributed by atoms with Crippen molar-refractivity contribution in [1.82, 2.24) is 24.1 Å². The summed E-state index contributed by atoms with van der Waals surface area (Å²) in [5.74, 6) is 0.396. The number of carbonyl (C=O) groups excluding carboxylic acids is 2. The first-order valence-corrected chi connectivity index (χ1v) is 10.3. The van der Waals surface area contributed by atoms with Gasteiger partial charge in [0.1, 0.15) is 0 Å². The molecule has 0 aliphatic carbocycles. The largest absolute Gasteiger partial charge is 0.454 e. The van der Waals surface area contributed by atoms with E-state index in [0.717, 1.165) is 28.5 Å². The Hall–Kier alpha value is -4.21. The maximum absolute atomic E-state index is 12.9. The smallest absolute Gasteiger partial charge is 0.378 e. The van der Waals surface area contributed by atoms with Gasteiger partial charge in [0.25, 0.3) is 11.6 Å². The van der Waals surface area contributed by atoms with Gasteiger partial charge in [-0.2, -0.15) is 4.98 Å². The molecule has 3 aromatic heterocycles. The van der Waals surface area contributed by atoms with Crippen LogP contribution in [0.5, 0.6) is 11.5 Å². The number of ketones is 1. The van der Waals surface area contributed by atoms with E-state index in [9.17, 15) is 9.59 Å². The minimum absolute atomic E-state index is 0.144. The van der Waals surface area contributed by atoms with Crippen molar-refractivity contribution in [2.45, 2.75) is 27.7 Å². The zero-order valence-corrected chi connectivity index (χ0v) is 18.6. The second kappa shape index (κ2) is 7.73. The third-order valence-electron chi connectivity index (χ3n) is 5.48. The lowest BCUT2D eigenvalue weighted by Crippen LogP contribution is -2.16. The Kier molecular flexibility index (Phi) is 4.85. The maximum Gasteiger partial charge on any atom is 0.378 e. The number of Topliss-reactive ketones (excluding diaryl/α,β-unsaturated/α-hetero) is 1. The molecule has 10 heteroatoms. The van der Waals surface area contributed by atoms with E-state index in [2.05, 4.69) is 15.1 Å². The first-order chi connectivity index (χ1) is 15.8. The number of aromatic nitrogens is 5. The molecule has 4 heterocycles. The second-order valence-corrected chi connectivity index (χ2v) is 7.84. The summed E-state index contributed by atoms with van der Waals surface area (Å²) in [4.78, 5) is 33.7. The zero-order valence-electron chi connectivity index (χ0n) is 18.6. The number of carbonyl (C=O) groups is 2. The molecule has 1 aliphatic rings. The summed E-state index contributed by atoms with van der Waals surface area (Å²) in [6.07, 6.45) is 0. The predicted molar refractivity (Wildman–Crippen MR) is 116 cm³/mol. The van der Waals surface area contributed by atoms with Crippen LogP contribution in [0.15, 0.2) is 30.3 Å². The van der Waals surface area contributed by atoms with Crippen molar-refractivity contribution in [1.29, 1.82) is 0 Å². The molecule has 0 N–H and O–H groups in total. The minimum Gasteiger partial charge on any atom is -0.454 e. The van der Waals surface area contributed by atoms with E-state index in [1.54, 1.807) is 6.07 Å². The molecule has 0 fully saturated rings. The van der Waals surface area contributed by atoms with Crippen LogP contribution in [0.3, 0.4) is 0 Å². The first kappa shape index (κ1) is 20.7. The van der Waals surface area contributed by atoms with E-state index in [-0.39, 0.29) is 18.4 Å². The number of hydrogen-bond acceptors (Lipinski definition) is 8. The summed E-state index contributed by atoms with van der Waals surface area (Å²) in [6, 6.07) is 9.20. The quantitative estimate of drug-likeness (QED) is 0.339. The molecule has 0 atom stereocenters. The van der Waals surface area contributed by atoms with Crippen molar-refractivity contribution >= 4 is 17.5 Å². The van der Waals surface area contributed by atoms with Crippen LogP contribution >= 0.6 is 0 Å². The third-order valence-corrected chi connectivity index (χ3v) is 5.48. The Morgan fingerprint density at radius 3 is 2.61 bits per heavy atom. The van der Waals surface area contributed by atoms with Crippen LogP contribution in [-0.2, 0) is 4.74 Å². The SMILES string of the molecule is Cc1cc(C)n2nc(C(=O)OCC(=O)c3cc(C)n(-c4ccc5c(c4)OCO5)c3C)nc2n1. The highest BCUT2D eigenvalue weighted by Crippen LogP contribution is 2.35.